The van der Waals surface area contributed by atoms with Gasteiger partial charge in [0.05, 0.1) is 5.88 Å². The number of alkyl halides is 1. The number of hydrogen-bond acceptors (Lipinski definition) is 6. The molecule has 1 heterocycles. The molecule has 0 spiro atoms. The van der Waals surface area contributed by atoms with E-state index < -0.39 is 5.97 Å². The van der Waals surface area contributed by atoms with Crippen LogP contribution in [0, 0.1) is 0 Å². The van der Waals surface area contributed by atoms with Gasteiger partial charge in [0.1, 0.15) is 0 Å². The van der Waals surface area contributed by atoms with Crippen molar-refractivity contribution in [1.82, 2.24) is 9.59 Å². The maximum Gasteiger partial charge on any atom is 0.386 e. The molecule has 1 aromatic heterocycles. The number of oxime groups is 1. The largest absolute Gasteiger partial charge is 0.386 e. The Bertz CT molecular complexity index is 312. The van der Waals surface area contributed by atoms with Gasteiger partial charge in [-0.25, -0.2) is 4.79 Å². The van der Waals surface area contributed by atoms with E-state index in [0.29, 0.717) is 0 Å². The molecule has 1 aromatic rings. The van der Waals surface area contributed by atoms with Crippen LogP contribution < -0.4 is 5.73 Å². The molecule has 2 N–H and O–H groups in total. The standard InChI is InChI=1S/C5H5ClN4O2S/c6-1-4(7)9-12-5(11)3-2-13-10-8-3/h2H,1H2,(H2,7,9). The fourth-order valence-electron chi connectivity index (χ4n) is 0.425. The van der Waals surface area contributed by atoms with Crippen LogP contribution in [0.3, 0.4) is 0 Å². The lowest BCUT2D eigenvalue weighted by Crippen LogP contribution is -2.15. The third-order valence-electron chi connectivity index (χ3n) is 0.952. The number of hydrogen-bond donors (Lipinski definition) is 1. The van der Waals surface area contributed by atoms with Gasteiger partial charge in [-0.1, -0.05) is 9.64 Å². The highest BCUT2D eigenvalue weighted by Gasteiger charge is 2.10. The van der Waals surface area contributed by atoms with Crippen LogP contribution in [0.15, 0.2) is 10.5 Å². The molecule has 0 fully saturated rings. The number of carbonyl (C=O) groups is 1. The molecule has 0 aliphatic carbocycles. The summed E-state index contributed by atoms with van der Waals surface area (Å²) in [7, 11) is 0. The lowest BCUT2D eigenvalue weighted by molar-refractivity contribution is 0.0508. The lowest BCUT2D eigenvalue weighted by atomic mass is 10.5. The molecular formula is C5H5ClN4O2S. The topological polar surface area (TPSA) is 90.5 Å². The summed E-state index contributed by atoms with van der Waals surface area (Å²) in [5.41, 5.74) is 5.28. The zero-order valence-electron chi connectivity index (χ0n) is 6.31. The molecule has 0 aromatic carbocycles. The molecular weight excluding hydrogens is 216 g/mol. The van der Waals surface area contributed by atoms with Crippen molar-refractivity contribution in [2.24, 2.45) is 10.9 Å². The van der Waals surface area contributed by atoms with E-state index in [2.05, 4.69) is 19.6 Å². The van der Waals surface area contributed by atoms with Crippen LogP contribution in [0.1, 0.15) is 10.5 Å². The molecule has 70 valence electrons. The van der Waals surface area contributed by atoms with Gasteiger partial charge in [0, 0.05) is 5.38 Å². The summed E-state index contributed by atoms with van der Waals surface area (Å²) < 4.78 is 3.48. The smallest absolute Gasteiger partial charge is 0.383 e. The Morgan fingerprint density at radius 1 is 1.85 bits per heavy atom. The van der Waals surface area contributed by atoms with Gasteiger partial charge in [0.15, 0.2) is 11.5 Å². The maximum absolute atomic E-state index is 11.0. The quantitative estimate of drug-likeness (QED) is 0.259. The second-order valence-corrected chi connectivity index (χ2v) is 2.76. The number of carbonyl (C=O) groups excluding carboxylic acids is 1. The fourth-order valence-corrected chi connectivity index (χ4v) is 0.899. The monoisotopic (exact) mass is 220 g/mol. The van der Waals surface area contributed by atoms with Crippen molar-refractivity contribution in [1.29, 1.82) is 0 Å². The van der Waals surface area contributed by atoms with Crippen molar-refractivity contribution < 1.29 is 9.63 Å². The van der Waals surface area contributed by atoms with Crippen LogP contribution in [0.5, 0.6) is 0 Å². The van der Waals surface area contributed by atoms with Crippen molar-refractivity contribution in [3.63, 3.8) is 0 Å². The van der Waals surface area contributed by atoms with E-state index in [9.17, 15) is 4.79 Å². The van der Waals surface area contributed by atoms with Gasteiger partial charge in [-0.2, -0.15) is 0 Å². The zero-order chi connectivity index (χ0) is 9.68. The van der Waals surface area contributed by atoms with Gasteiger partial charge in [0.25, 0.3) is 0 Å². The van der Waals surface area contributed by atoms with E-state index in [4.69, 9.17) is 17.3 Å². The number of rotatable bonds is 3. The van der Waals surface area contributed by atoms with Crippen LogP contribution in [0.25, 0.3) is 0 Å². The van der Waals surface area contributed by atoms with Gasteiger partial charge in [0.2, 0.25) is 0 Å². The maximum atomic E-state index is 11.0. The summed E-state index contributed by atoms with van der Waals surface area (Å²) in [6.07, 6.45) is 0. The van der Waals surface area contributed by atoms with Gasteiger partial charge in [-0.3, -0.25) is 0 Å². The minimum atomic E-state index is -0.707. The summed E-state index contributed by atoms with van der Waals surface area (Å²) in [6, 6.07) is 0. The van der Waals surface area contributed by atoms with E-state index >= 15 is 0 Å². The van der Waals surface area contributed by atoms with Crippen LogP contribution in [0.4, 0.5) is 0 Å². The highest BCUT2D eigenvalue weighted by atomic mass is 35.5. The molecule has 0 radical (unpaired) electrons. The Labute approximate surface area is 82.5 Å². The van der Waals surface area contributed by atoms with Gasteiger partial charge in [-0.05, 0) is 11.5 Å². The summed E-state index contributed by atoms with van der Waals surface area (Å²) in [5, 5.41) is 8.16. The van der Waals surface area contributed by atoms with Gasteiger partial charge in [-0.15, -0.1) is 16.7 Å². The molecule has 0 unspecified atom stereocenters. The number of nitrogens with zero attached hydrogens (tertiary/aromatic N) is 3. The average Bonchev–Trinajstić information content (AvgIpc) is 2.66. The van der Waals surface area contributed by atoms with Crippen molar-refractivity contribution >= 4 is 34.9 Å². The fraction of sp³-hybridized carbons (Fsp3) is 0.200. The molecule has 0 saturated heterocycles. The van der Waals surface area contributed by atoms with E-state index in [1.54, 1.807) is 0 Å². The summed E-state index contributed by atoms with van der Waals surface area (Å²) in [4.78, 5) is 15.4. The Hall–Kier alpha value is -1.21. The highest BCUT2D eigenvalue weighted by Crippen LogP contribution is 1.99. The van der Waals surface area contributed by atoms with E-state index in [1.807, 2.05) is 0 Å². The average molecular weight is 221 g/mol. The van der Waals surface area contributed by atoms with Crippen molar-refractivity contribution in [2.45, 2.75) is 0 Å². The van der Waals surface area contributed by atoms with Crippen molar-refractivity contribution in [3.8, 4) is 0 Å². The molecule has 8 heteroatoms. The van der Waals surface area contributed by atoms with Gasteiger partial charge >= 0.3 is 5.97 Å². The van der Waals surface area contributed by atoms with Crippen molar-refractivity contribution in [2.75, 3.05) is 5.88 Å². The summed E-state index contributed by atoms with van der Waals surface area (Å²) in [6.45, 7) is 0. The van der Waals surface area contributed by atoms with E-state index in [0.717, 1.165) is 11.5 Å². The van der Waals surface area contributed by atoms with Crippen LogP contribution in [0.2, 0.25) is 0 Å². The predicted molar refractivity (Wildman–Crippen MR) is 47.7 cm³/mol. The minimum absolute atomic E-state index is 0.00257. The second-order valence-electron chi connectivity index (χ2n) is 1.89. The number of aromatic nitrogens is 2. The van der Waals surface area contributed by atoms with E-state index in [-0.39, 0.29) is 17.4 Å². The Kier molecular flexibility index (Phi) is 3.59. The first-order valence-corrected chi connectivity index (χ1v) is 4.48. The predicted octanol–water partition coefficient (Wildman–Crippen LogP) is 0.206. The molecule has 13 heavy (non-hydrogen) atoms. The minimum Gasteiger partial charge on any atom is -0.383 e. The van der Waals surface area contributed by atoms with E-state index in [1.165, 1.54) is 5.38 Å². The molecule has 0 bridgehead atoms. The molecule has 1 rings (SSSR count). The SMILES string of the molecule is NC(CCl)=NOC(=O)c1csnn1. The first-order valence-electron chi connectivity index (χ1n) is 3.10. The third kappa shape index (κ3) is 2.96. The zero-order valence-corrected chi connectivity index (χ0v) is 7.88. The normalized spacial score (nSPS) is 11.3. The Morgan fingerprint density at radius 2 is 2.62 bits per heavy atom. The highest BCUT2D eigenvalue weighted by molar-refractivity contribution is 7.03. The van der Waals surface area contributed by atoms with Crippen LogP contribution in [-0.4, -0.2) is 27.3 Å². The molecule has 0 amide bonds. The number of amidine groups is 1. The van der Waals surface area contributed by atoms with Crippen LogP contribution in [-0.2, 0) is 4.84 Å². The first kappa shape index (κ1) is 9.87. The molecule has 0 aliphatic heterocycles. The molecule has 0 saturated carbocycles. The molecule has 0 aliphatic rings. The van der Waals surface area contributed by atoms with Gasteiger partial charge < -0.3 is 10.6 Å². The van der Waals surface area contributed by atoms with Crippen molar-refractivity contribution in [3.05, 3.63) is 11.1 Å². The number of halogens is 1. The van der Waals surface area contributed by atoms with Crippen LogP contribution >= 0.6 is 23.1 Å². The lowest BCUT2D eigenvalue weighted by Gasteiger charge is -1.93. The third-order valence-corrected chi connectivity index (χ3v) is 1.73. The first-order chi connectivity index (χ1) is 6.24. The molecule has 6 nitrogen and oxygen atoms in total. The molecule has 0 atom stereocenters. The summed E-state index contributed by atoms with van der Waals surface area (Å²) >= 11 is 6.33. The summed E-state index contributed by atoms with van der Waals surface area (Å²) in [5.74, 6) is -0.678. The second kappa shape index (κ2) is 4.73. The Balaban J connectivity index is 2.52. The number of nitrogens with two attached hydrogens (primary N) is 1. The Morgan fingerprint density at radius 3 is 3.15 bits per heavy atom.